The first-order chi connectivity index (χ1) is 6.70. The maximum Gasteiger partial charge on any atom is 0.200 e. The number of hydrogen-bond acceptors (Lipinski definition) is 4. The standard InChI is InChI=1S/C10H13NO3/c12-8-4-3-6(9(13)10(8)14)7-2-1-5-11-7/h3-4,7,11-14H,1-2,5H2/t7-/m0/s1. The van der Waals surface area contributed by atoms with Crippen molar-refractivity contribution >= 4 is 0 Å². The van der Waals surface area contributed by atoms with E-state index < -0.39 is 5.75 Å². The molecule has 0 saturated carbocycles. The van der Waals surface area contributed by atoms with Gasteiger partial charge in [-0.1, -0.05) is 0 Å². The highest BCUT2D eigenvalue weighted by atomic mass is 16.3. The monoisotopic (exact) mass is 195 g/mol. The highest BCUT2D eigenvalue weighted by Crippen LogP contribution is 2.41. The zero-order chi connectivity index (χ0) is 10.1. The highest BCUT2D eigenvalue weighted by Gasteiger charge is 2.21. The third kappa shape index (κ3) is 1.37. The molecule has 4 heteroatoms. The lowest BCUT2D eigenvalue weighted by atomic mass is 10.0. The molecule has 14 heavy (non-hydrogen) atoms. The van der Waals surface area contributed by atoms with Crippen molar-refractivity contribution in [2.75, 3.05) is 6.54 Å². The van der Waals surface area contributed by atoms with E-state index in [0.717, 1.165) is 19.4 Å². The van der Waals surface area contributed by atoms with E-state index in [4.69, 9.17) is 5.11 Å². The van der Waals surface area contributed by atoms with Crippen LogP contribution in [0.15, 0.2) is 12.1 Å². The molecule has 0 spiro atoms. The minimum Gasteiger partial charge on any atom is -0.504 e. The second kappa shape index (κ2) is 3.38. The molecule has 76 valence electrons. The van der Waals surface area contributed by atoms with Crippen LogP contribution in [0, 0.1) is 0 Å². The molecule has 0 bridgehead atoms. The van der Waals surface area contributed by atoms with Crippen molar-refractivity contribution in [3.8, 4) is 17.2 Å². The van der Waals surface area contributed by atoms with Gasteiger partial charge in [-0.05, 0) is 31.5 Å². The second-order valence-electron chi connectivity index (χ2n) is 3.52. The number of rotatable bonds is 1. The number of hydrogen-bond donors (Lipinski definition) is 4. The van der Waals surface area contributed by atoms with Crippen molar-refractivity contribution in [3.63, 3.8) is 0 Å². The SMILES string of the molecule is Oc1ccc([C@@H]2CCCN2)c(O)c1O. The molecule has 0 aromatic heterocycles. The zero-order valence-electron chi connectivity index (χ0n) is 7.70. The highest BCUT2D eigenvalue weighted by molar-refractivity contribution is 5.54. The van der Waals surface area contributed by atoms with E-state index in [1.54, 1.807) is 6.07 Å². The Morgan fingerprint density at radius 2 is 1.93 bits per heavy atom. The quantitative estimate of drug-likeness (QED) is 0.508. The number of benzene rings is 1. The molecule has 0 aliphatic carbocycles. The topological polar surface area (TPSA) is 72.7 Å². The maximum absolute atomic E-state index is 9.59. The summed E-state index contributed by atoms with van der Waals surface area (Å²) < 4.78 is 0. The molecule has 1 aromatic rings. The van der Waals surface area contributed by atoms with Gasteiger partial charge in [0.2, 0.25) is 5.75 Å². The fourth-order valence-electron chi connectivity index (χ4n) is 1.82. The van der Waals surface area contributed by atoms with Gasteiger partial charge in [0.15, 0.2) is 11.5 Å². The fraction of sp³-hybridized carbons (Fsp3) is 0.400. The summed E-state index contributed by atoms with van der Waals surface area (Å²) in [5.74, 6) is -0.940. The van der Waals surface area contributed by atoms with Gasteiger partial charge in [-0.25, -0.2) is 0 Å². The lowest BCUT2D eigenvalue weighted by molar-refractivity contribution is 0.362. The van der Waals surface area contributed by atoms with Crippen molar-refractivity contribution < 1.29 is 15.3 Å². The van der Waals surface area contributed by atoms with E-state index in [1.165, 1.54) is 6.07 Å². The minimum atomic E-state index is -0.434. The molecule has 1 aliphatic heterocycles. The minimum absolute atomic E-state index is 0.0847. The zero-order valence-corrected chi connectivity index (χ0v) is 7.70. The van der Waals surface area contributed by atoms with Crippen LogP contribution in [0.5, 0.6) is 17.2 Å². The van der Waals surface area contributed by atoms with Gasteiger partial charge < -0.3 is 20.6 Å². The molecule has 1 aromatic carbocycles. The summed E-state index contributed by atoms with van der Waals surface area (Å²) in [5, 5.41) is 31.3. The molecule has 4 nitrogen and oxygen atoms in total. The average molecular weight is 195 g/mol. The van der Waals surface area contributed by atoms with Crippen LogP contribution in [0.25, 0.3) is 0 Å². The van der Waals surface area contributed by atoms with E-state index in [9.17, 15) is 10.2 Å². The molecule has 1 aliphatic rings. The van der Waals surface area contributed by atoms with Gasteiger partial charge in [0.1, 0.15) is 0 Å². The van der Waals surface area contributed by atoms with Gasteiger partial charge >= 0.3 is 0 Å². The lowest BCUT2D eigenvalue weighted by Crippen LogP contribution is -2.12. The molecular weight excluding hydrogens is 182 g/mol. The van der Waals surface area contributed by atoms with Crippen LogP contribution >= 0.6 is 0 Å². The largest absolute Gasteiger partial charge is 0.504 e. The maximum atomic E-state index is 9.59. The summed E-state index contributed by atoms with van der Waals surface area (Å²) >= 11 is 0. The average Bonchev–Trinajstić information content (AvgIpc) is 2.67. The molecule has 0 amide bonds. The third-order valence-electron chi connectivity index (χ3n) is 2.60. The van der Waals surface area contributed by atoms with Gasteiger partial charge in [0, 0.05) is 11.6 Å². The van der Waals surface area contributed by atoms with Crippen LogP contribution in [-0.2, 0) is 0 Å². The third-order valence-corrected chi connectivity index (χ3v) is 2.60. The van der Waals surface area contributed by atoms with Crippen LogP contribution in [-0.4, -0.2) is 21.9 Å². The number of nitrogens with one attached hydrogen (secondary N) is 1. The Balaban J connectivity index is 2.38. The van der Waals surface area contributed by atoms with Crippen LogP contribution in [0.2, 0.25) is 0 Å². The normalized spacial score (nSPS) is 21.3. The lowest BCUT2D eigenvalue weighted by Gasteiger charge is -2.13. The summed E-state index contributed by atoms with van der Waals surface area (Å²) in [5.41, 5.74) is 0.651. The Morgan fingerprint density at radius 3 is 2.57 bits per heavy atom. The van der Waals surface area contributed by atoms with Gasteiger partial charge in [0.25, 0.3) is 0 Å². The predicted molar refractivity (Wildman–Crippen MR) is 51.4 cm³/mol. The number of phenolic OH excluding ortho intramolecular Hbond substituents is 3. The molecule has 2 rings (SSSR count). The van der Waals surface area contributed by atoms with E-state index in [2.05, 4.69) is 5.32 Å². The molecule has 0 radical (unpaired) electrons. The van der Waals surface area contributed by atoms with E-state index >= 15 is 0 Å². The van der Waals surface area contributed by atoms with Gasteiger partial charge in [-0.2, -0.15) is 0 Å². The summed E-state index contributed by atoms with van der Waals surface area (Å²) in [6, 6.07) is 3.11. The molecule has 1 fully saturated rings. The van der Waals surface area contributed by atoms with Crippen LogP contribution in [0.1, 0.15) is 24.4 Å². The Kier molecular flexibility index (Phi) is 2.21. The molecule has 1 heterocycles. The van der Waals surface area contributed by atoms with Gasteiger partial charge in [0.05, 0.1) is 0 Å². The summed E-state index contributed by atoms with van der Waals surface area (Å²) in [6.07, 6.45) is 2.00. The molecular formula is C10H13NO3. The van der Waals surface area contributed by atoms with E-state index in [0.29, 0.717) is 5.56 Å². The Morgan fingerprint density at radius 1 is 1.14 bits per heavy atom. The van der Waals surface area contributed by atoms with Crippen molar-refractivity contribution in [1.29, 1.82) is 0 Å². The van der Waals surface area contributed by atoms with Crippen LogP contribution in [0.3, 0.4) is 0 Å². The first-order valence-electron chi connectivity index (χ1n) is 4.67. The second-order valence-corrected chi connectivity index (χ2v) is 3.52. The molecule has 0 unspecified atom stereocenters. The first kappa shape index (κ1) is 9.15. The van der Waals surface area contributed by atoms with Crippen LogP contribution in [0.4, 0.5) is 0 Å². The number of phenols is 3. The van der Waals surface area contributed by atoms with Crippen LogP contribution < -0.4 is 5.32 Å². The molecule has 4 N–H and O–H groups in total. The van der Waals surface area contributed by atoms with E-state index in [-0.39, 0.29) is 17.5 Å². The Bertz CT molecular complexity index is 345. The smallest absolute Gasteiger partial charge is 0.200 e. The Labute approximate surface area is 81.8 Å². The number of aromatic hydroxyl groups is 3. The van der Waals surface area contributed by atoms with Gasteiger partial charge in [-0.15, -0.1) is 0 Å². The Hall–Kier alpha value is -1.42. The molecule has 1 atom stereocenters. The fourth-order valence-corrected chi connectivity index (χ4v) is 1.82. The summed E-state index contributed by atoms with van der Waals surface area (Å²) in [7, 11) is 0. The van der Waals surface area contributed by atoms with Gasteiger partial charge in [-0.3, -0.25) is 0 Å². The first-order valence-corrected chi connectivity index (χ1v) is 4.67. The predicted octanol–water partition coefficient (Wildman–Crippen LogP) is 1.23. The molecule has 1 saturated heterocycles. The van der Waals surface area contributed by atoms with Crippen molar-refractivity contribution in [3.05, 3.63) is 17.7 Å². The van der Waals surface area contributed by atoms with E-state index in [1.807, 2.05) is 0 Å². The van der Waals surface area contributed by atoms with Crippen molar-refractivity contribution in [2.24, 2.45) is 0 Å². The van der Waals surface area contributed by atoms with Crippen molar-refractivity contribution in [2.45, 2.75) is 18.9 Å². The van der Waals surface area contributed by atoms with Crippen molar-refractivity contribution in [1.82, 2.24) is 5.32 Å². The summed E-state index contributed by atoms with van der Waals surface area (Å²) in [4.78, 5) is 0. The summed E-state index contributed by atoms with van der Waals surface area (Å²) in [6.45, 7) is 0.922.